The zero-order valence-electron chi connectivity index (χ0n) is 20.6. The molecule has 6 aromatic rings. The van der Waals surface area contributed by atoms with Gasteiger partial charge in [0.1, 0.15) is 11.2 Å². The number of hydrogen-bond acceptors (Lipinski definition) is 4. The average Bonchev–Trinajstić information content (AvgIpc) is 3.17. The largest absolute Gasteiger partial charge is 0.456 e. The van der Waals surface area contributed by atoms with Gasteiger partial charge in [0.25, 0.3) is 0 Å². The fourth-order valence-corrected chi connectivity index (χ4v) is 4.85. The van der Waals surface area contributed by atoms with Crippen LogP contribution in [0.5, 0.6) is 0 Å². The summed E-state index contributed by atoms with van der Waals surface area (Å²) < 4.78 is 6.02. The first-order valence-electron chi connectivity index (χ1n) is 12.7. The normalized spacial score (nSPS) is 13.4. The first-order valence-corrected chi connectivity index (χ1v) is 12.7. The van der Waals surface area contributed by atoms with E-state index in [9.17, 15) is 0 Å². The topological polar surface area (TPSA) is 51.8 Å². The van der Waals surface area contributed by atoms with Crippen LogP contribution in [0, 0.1) is 0 Å². The quantitative estimate of drug-likeness (QED) is 0.249. The van der Waals surface area contributed by atoms with Gasteiger partial charge in [-0.3, -0.25) is 0 Å². The summed E-state index contributed by atoms with van der Waals surface area (Å²) in [7, 11) is 0. The molecule has 38 heavy (non-hydrogen) atoms. The van der Waals surface area contributed by atoms with Crippen LogP contribution in [-0.4, -0.2) is 15.0 Å². The minimum Gasteiger partial charge on any atom is -0.456 e. The minimum atomic E-state index is 0.665. The lowest BCUT2D eigenvalue weighted by Gasteiger charge is -2.08. The molecule has 0 radical (unpaired) electrons. The molecule has 0 aliphatic heterocycles. The zero-order chi connectivity index (χ0) is 25.3. The molecule has 0 spiro atoms. The van der Waals surface area contributed by atoms with Crippen molar-refractivity contribution in [2.75, 3.05) is 0 Å². The lowest BCUT2D eigenvalue weighted by molar-refractivity contribution is 0.669. The first-order chi connectivity index (χ1) is 18.8. The molecule has 0 atom stereocenters. The highest BCUT2D eigenvalue weighted by molar-refractivity contribution is 6.06. The van der Waals surface area contributed by atoms with Gasteiger partial charge in [-0.1, -0.05) is 109 Å². The van der Waals surface area contributed by atoms with Crippen LogP contribution in [0.15, 0.2) is 132 Å². The summed E-state index contributed by atoms with van der Waals surface area (Å²) in [5.41, 5.74) is 7.02. The van der Waals surface area contributed by atoms with Gasteiger partial charge in [0, 0.05) is 27.5 Å². The molecule has 0 saturated heterocycles. The van der Waals surface area contributed by atoms with Gasteiger partial charge in [0.05, 0.1) is 0 Å². The van der Waals surface area contributed by atoms with Crippen molar-refractivity contribution in [2.24, 2.45) is 0 Å². The molecule has 4 aromatic carbocycles. The fraction of sp³-hybridized carbons (Fsp3) is 0.0294. The van der Waals surface area contributed by atoms with Gasteiger partial charge in [0.2, 0.25) is 0 Å². The Kier molecular flexibility index (Phi) is 5.48. The van der Waals surface area contributed by atoms with Gasteiger partial charge in [-0.15, -0.1) is 0 Å². The number of hydrogen-bond donors (Lipinski definition) is 0. The van der Waals surface area contributed by atoms with Gasteiger partial charge < -0.3 is 4.42 Å². The molecule has 0 amide bonds. The predicted molar refractivity (Wildman–Crippen MR) is 154 cm³/mol. The Morgan fingerprint density at radius 1 is 0.474 bits per heavy atom. The SMILES string of the molecule is C1=CC(c2nc(-c3ccccc3)nc(-c3ccccc3)n2)=CCC=C1c1ccc2oc3ccccc3c2c1. The van der Waals surface area contributed by atoms with Gasteiger partial charge >= 0.3 is 0 Å². The lowest BCUT2D eigenvalue weighted by Crippen LogP contribution is -2.02. The van der Waals surface area contributed by atoms with Crippen LogP contribution in [0.4, 0.5) is 0 Å². The number of benzene rings is 4. The number of nitrogens with zero attached hydrogens (tertiary/aromatic N) is 3. The summed E-state index contributed by atoms with van der Waals surface area (Å²) in [4.78, 5) is 14.6. The average molecular weight is 490 g/mol. The number of fused-ring (bicyclic) bond motifs is 3. The molecule has 2 aromatic heterocycles. The maximum absolute atomic E-state index is 6.02. The van der Waals surface area contributed by atoms with Crippen LogP contribution in [0.2, 0.25) is 0 Å². The molecule has 4 heteroatoms. The zero-order valence-corrected chi connectivity index (χ0v) is 20.6. The Hall–Kier alpha value is -5.09. The summed E-state index contributed by atoms with van der Waals surface area (Å²) in [5.74, 6) is 2.00. The molecule has 2 heterocycles. The van der Waals surface area contributed by atoms with Crippen LogP contribution in [0.1, 0.15) is 17.8 Å². The number of rotatable bonds is 4. The van der Waals surface area contributed by atoms with Crippen molar-refractivity contribution < 1.29 is 4.42 Å². The molecule has 0 N–H and O–H groups in total. The number of para-hydroxylation sites is 1. The minimum absolute atomic E-state index is 0.665. The summed E-state index contributed by atoms with van der Waals surface area (Å²) in [6.07, 6.45) is 9.44. The van der Waals surface area contributed by atoms with Crippen LogP contribution in [0.25, 0.3) is 55.9 Å². The van der Waals surface area contributed by atoms with E-state index in [1.807, 2.05) is 78.9 Å². The highest BCUT2D eigenvalue weighted by Gasteiger charge is 2.14. The maximum atomic E-state index is 6.02. The second kappa shape index (κ2) is 9.41. The molecule has 4 nitrogen and oxygen atoms in total. The van der Waals surface area contributed by atoms with Crippen molar-refractivity contribution >= 4 is 33.1 Å². The molecule has 0 saturated carbocycles. The van der Waals surface area contributed by atoms with Crippen LogP contribution in [0.3, 0.4) is 0 Å². The number of furan rings is 1. The third-order valence-electron chi connectivity index (χ3n) is 6.79. The van der Waals surface area contributed by atoms with Crippen LogP contribution >= 0.6 is 0 Å². The van der Waals surface area contributed by atoms with Crippen molar-refractivity contribution in [2.45, 2.75) is 6.42 Å². The smallest absolute Gasteiger partial charge is 0.164 e. The second-order valence-corrected chi connectivity index (χ2v) is 9.24. The predicted octanol–water partition coefficient (Wildman–Crippen LogP) is 8.53. The van der Waals surface area contributed by atoms with E-state index >= 15 is 0 Å². The molecular formula is C34H23N3O. The fourth-order valence-electron chi connectivity index (χ4n) is 4.85. The van der Waals surface area contributed by atoms with E-state index < -0.39 is 0 Å². The van der Waals surface area contributed by atoms with Crippen molar-refractivity contribution in [1.29, 1.82) is 0 Å². The van der Waals surface area contributed by atoms with Gasteiger partial charge in [0.15, 0.2) is 17.5 Å². The van der Waals surface area contributed by atoms with Crippen molar-refractivity contribution in [3.05, 3.63) is 139 Å². The van der Waals surface area contributed by atoms with Gasteiger partial charge in [-0.2, -0.15) is 0 Å². The molecule has 0 bridgehead atoms. The molecule has 0 fully saturated rings. The van der Waals surface area contributed by atoms with Crippen LogP contribution in [-0.2, 0) is 0 Å². The Morgan fingerprint density at radius 3 is 1.79 bits per heavy atom. The van der Waals surface area contributed by atoms with Crippen LogP contribution < -0.4 is 0 Å². The van der Waals surface area contributed by atoms with Crippen molar-refractivity contribution in [1.82, 2.24) is 15.0 Å². The standard InChI is InChI=1S/C34H23N3O/c1-3-10-24(11-4-1)32-35-33(25-12-5-2-6-13-25)37-34(36-32)26-15-9-14-23(18-19-26)27-20-21-31-29(22-27)28-16-7-8-17-30(28)38-31/h1-8,10-22H,9H2. The summed E-state index contributed by atoms with van der Waals surface area (Å²) in [6, 6.07) is 34.7. The molecular weight excluding hydrogens is 466 g/mol. The summed E-state index contributed by atoms with van der Waals surface area (Å²) >= 11 is 0. The van der Waals surface area contributed by atoms with E-state index in [0.717, 1.165) is 56.2 Å². The summed E-state index contributed by atoms with van der Waals surface area (Å²) in [6.45, 7) is 0. The monoisotopic (exact) mass is 489 g/mol. The van der Waals surface area contributed by atoms with Crippen molar-refractivity contribution in [3.8, 4) is 22.8 Å². The van der Waals surface area contributed by atoms with Crippen molar-refractivity contribution in [3.63, 3.8) is 0 Å². The molecule has 0 unspecified atom stereocenters. The highest BCUT2D eigenvalue weighted by Crippen LogP contribution is 2.33. The summed E-state index contributed by atoms with van der Waals surface area (Å²) in [5, 5.41) is 2.26. The maximum Gasteiger partial charge on any atom is 0.164 e. The van der Waals surface area contributed by atoms with E-state index in [4.69, 9.17) is 19.4 Å². The third kappa shape index (κ3) is 4.12. The van der Waals surface area contributed by atoms with Gasteiger partial charge in [-0.05, 0) is 35.8 Å². The van der Waals surface area contributed by atoms with Gasteiger partial charge in [-0.25, -0.2) is 15.0 Å². The third-order valence-corrected chi connectivity index (χ3v) is 6.79. The molecule has 7 rings (SSSR count). The first kappa shape index (κ1) is 22.1. The van der Waals surface area contributed by atoms with E-state index in [2.05, 4.69) is 48.6 Å². The highest BCUT2D eigenvalue weighted by atomic mass is 16.3. The molecule has 1 aliphatic rings. The Labute approximate surface area is 220 Å². The van der Waals surface area contributed by atoms with E-state index in [1.54, 1.807) is 0 Å². The van der Waals surface area contributed by atoms with E-state index in [0.29, 0.717) is 17.5 Å². The van der Waals surface area contributed by atoms with E-state index in [1.165, 1.54) is 0 Å². The molecule has 1 aliphatic carbocycles. The van der Waals surface area contributed by atoms with E-state index in [-0.39, 0.29) is 0 Å². The Morgan fingerprint density at radius 2 is 1.05 bits per heavy atom. The Bertz CT molecular complexity index is 1820. The number of allylic oxidation sites excluding steroid dienone is 6. The number of aromatic nitrogens is 3. The second-order valence-electron chi connectivity index (χ2n) is 9.24. The Balaban J connectivity index is 1.27. The molecule has 180 valence electrons. The lowest BCUT2D eigenvalue weighted by atomic mass is 10.0.